The molecule has 11 heavy (non-hydrogen) atoms. The zero-order chi connectivity index (χ0) is 9.02. The second kappa shape index (κ2) is 4.40. The van der Waals surface area contributed by atoms with E-state index < -0.39 is 24.4 Å². The van der Waals surface area contributed by atoms with Gasteiger partial charge in [0.15, 0.2) is 6.29 Å². The number of aldehydes is 1. The molecule has 0 heterocycles. The van der Waals surface area contributed by atoms with Crippen LogP contribution in [0.4, 0.5) is 0 Å². The van der Waals surface area contributed by atoms with Crippen LogP contribution in [0.15, 0.2) is 0 Å². The van der Waals surface area contributed by atoms with Gasteiger partial charge in [-0.1, -0.05) is 0 Å². The second-order valence-corrected chi connectivity index (χ2v) is 2.35. The lowest BCUT2D eigenvalue weighted by Crippen LogP contribution is -2.43. The third-order valence-corrected chi connectivity index (χ3v) is 1.33. The first-order valence-corrected chi connectivity index (χ1v) is 3.18. The average molecular weight is 164 g/mol. The Morgan fingerprint density at radius 3 is 1.82 bits per heavy atom. The lowest BCUT2D eigenvalue weighted by Gasteiger charge is -2.21. The highest BCUT2D eigenvalue weighted by atomic mass is 16.4. The molecule has 0 spiro atoms. The molecule has 0 saturated heterocycles. The predicted molar refractivity (Wildman–Crippen MR) is 35.8 cm³/mol. The second-order valence-electron chi connectivity index (χ2n) is 2.35. The molecule has 0 aliphatic carbocycles. The number of hydrogen-bond donors (Lipinski definition) is 4. The minimum Gasteiger partial charge on any atom is -0.391 e. The van der Waals surface area contributed by atoms with Crippen molar-refractivity contribution in [2.45, 2.75) is 31.3 Å². The smallest absolute Gasteiger partial charge is 0.151 e. The predicted octanol–water partition coefficient (Wildman–Crippen LogP) is -2.35. The van der Waals surface area contributed by atoms with E-state index in [9.17, 15) is 4.79 Å². The first kappa shape index (κ1) is 10.5. The molecule has 4 N–H and O–H groups in total. The Morgan fingerprint density at radius 1 is 1.09 bits per heavy atom. The zero-order valence-corrected chi connectivity index (χ0v) is 6.08. The topological polar surface area (TPSA) is 98.0 Å². The highest BCUT2D eigenvalue weighted by Gasteiger charge is 2.27. The number of aliphatic hydroxyl groups excluding tert-OH is 4. The van der Waals surface area contributed by atoms with Crippen molar-refractivity contribution in [3.63, 3.8) is 0 Å². The van der Waals surface area contributed by atoms with Gasteiger partial charge in [-0.15, -0.1) is 0 Å². The van der Waals surface area contributed by atoms with Crippen LogP contribution in [-0.2, 0) is 4.79 Å². The molecule has 5 nitrogen and oxygen atoms in total. The van der Waals surface area contributed by atoms with E-state index in [0.717, 1.165) is 0 Å². The van der Waals surface area contributed by atoms with Crippen LogP contribution in [0.3, 0.4) is 0 Å². The molecule has 0 aromatic carbocycles. The van der Waals surface area contributed by atoms with Crippen molar-refractivity contribution in [3.8, 4) is 0 Å². The molecule has 0 radical (unpaired) electrons. The van der Waals surface area contributed by atoms with Gasteiger partial charge in [-0.25, -0.2) is 0 Å². The number of aliphatic hydroxyl groups is 4. The van der Waals surface area contributed by atoms with Gasteiger partial charge in [0.1, 0.15) is 18.3 Å². The van der Waals surface area contributed by atoms with Crippen LogP contribution >= 0.6 is 0 Å². The monoisotopic (exact) mass is 164 g/mol. The third-order valence-electron chi connectivity index (χ3n) is 1.33. The molecule has 66 valence electrons. The third kappa shape index (κ3) is 2.94. The van der Waals surface area contributed by atoms with Crippen molar-refractivity contribution >= 4 is 6.29 Å². The van der Waals surface area contributed by atoms with E-state index in [0.29, 0.717) is 0 Å². The summed E-state index contributed by atoms with van der Waals surface area (Å²) in [7, 11) is 0. The minimum absolute atomic E-state index is 0.0935. The molecular weight excluding hydrogens is 152 g/mol. The van der Waals surface area contributed by atoms with E-state index in [4.69, 9.17) is 20.4 Å². The molecule has 0 bridgehead atoms. The lowest BCUT2D eigenvalue weighted by molar-refractivity contribution is -0.132. The molecule has 0 rings (SSSR count). The molecule has 0 aliphatic heterocycles. The van der Waals surface area contributed by atoms with Gasteiger partial charge in [0.25, 0.3) is 0 Å². The van der Waals surface area contributed by atoms with Gasteiger partial charge in [-0.3, -0.25) is 0 Å². The molecule has 0 aromatic rings. The summed E-state index contributed by atoms with van der Waals surface area (Å²) < 4.78 is 0. The van der Waals surface area contributed by atoms with Crippen LogP contribution in [0.2, 0.25) is 0 Å². The molecule has 0 fully saturated rings. The van der Waals surface area contributed by atoms with Gasteiger partial charge < -0.3 is 25.2 Å². The van der Waals surface area contributed by atoms with Crippen LogP contribution in [0.5, 0.6) is 0 Å². The first-order valence-electron chi connectivity index (χ1n) is 3.18. The first-order chi connectivity index (χ1) is 5.00. The minimum atomic E-state index is -1.65. The average Bonchev–Trinajstić information content (AvgIpc) is 2.00. The molecule has 5 heteroatoms. The van der Waals surface area contributed by atoms with Gasteiger partial charge in [0, 0.05) is 0 Å². The maximum absolute atomic E-state index is 9.87. The van der Waals surface area contributed by atoms with Crippen molar-refractivity contribution in [2.24, 2.45) is 0 Å². The van der Waals surface area contributed by atoms with Gasteiger partial charge in [-0.05, 0) is 6.92 Å². The van der Waals surface area contributed by atoms with Gasteiger partial charge in [0.2, 0.25) is 0 Å². The summed E-state index contributed by atoms with van der Waals surface area (Å²) in [6.07, 6.45) is -5.88. The van der Waals surface area contributed by atoms with Crippen LogP contribution < -0.4 is 0 Å². The van der Waals surface area contributed by atoms with Crippen molar-refractivity contribution in [1.29, 1.82) is 0 Å². The van der Waals surface area contributed by atoms with Crippen molar-refractivity contribution < 1.29 is 25.2 Å². The lowest BCUT2D eigenvalue weighted by atomic mass is 10.1. The molecule has 0 aromatic heterocycles. The van der Waals surface area contributed by atoms with Crippen LogP contribution in [0.25, 0.3) is 0 Å². The quantitative estimate of drug-likeness (QED) is 0.349. The number of rotatable bonds is 4. The van der Waals surface area contributed by atoms with E-state index in [2.05, 4.69) is 0 Å². The van der Waals surface area contributed by atoms with Gasteiger partial charge >= 0.3 is 0 Å². The molecule has 4 atom stereocenters. The fourth-order valence-corrected chi connectivity index (χ4v) is 0.568. The summed E-state index contributed by atoms with van der Waals surface area (Å²) in [5.41, 5.74) is 0. The summed E-state index contributed by atoms with van der Waals surface area (Å²) in [6.45, 7) is 1.24. The normalized spacial score (nSPS) is 21.9. The Balaban J connectivity index is 4.00. The standard InChI is InChI=1S/C6H12O5/c1-3(8)5(10)6(11)4(9)2-7/h2-6,8-11H,1H3/t3?,4-,5+,6+/m0/s1. The molecule has 1 unspecified atom stereocenters. The molecule has 0 amide bonds. The van der Waals surface area contributed by atoms with Gasteiger partial charge in [-0.2, -0.15) is 0 Å². The van der Waals surface area contributed by atoms with Gasteiger partial charge in [0.05, 0.1) is 6.10 Å². The maximum atomic E-state index is 9.87. The summed E-state index contributed by atoms with van der Waals surface area (Å²) in [5, 5.41) is 35.1. The Labute approximate surface area is 63.9 Å². The summed E-state index contributed by atoms with van der Waals surface area (Å²) in [6, 6.07) is 0. The van der Waals surface area contributed by atoms with Crippen molar-refractivity contribution in [2.75, 3.05) is 0 Å². The molecular formula is C6H12O5. The SMILES string of the molecule is CC(O)[C@@H](O)[C@H](O)[C@@H](O)C=O. The fourth-order valence-electron chi connectivity index (χ4n) is 0.568. The van der Waals surface area contributed by atoms with E-state index in [1.54, 1.807) is 0 Å². The van der Waals surface area contributed by atoms with Crippen LogP contribution in [0, 0.1) is 0 Å². The van der Waals surface area contributed by atoms with Crippen molar-refractivity contribution in [1.82, 2.24) is 0 Å². The van der Waals surface area contributed by atoms with Crippen LogP contribution in [0.1, 0.15) is 6.92 Å². The Morgan fingerprint density at radius 2 is 1.55 bits per heavy atom. The van der Waals surface area contributed by atoms with Crippen LogP contribution in [-0.4, -0.2) is 51.1 Å². The van der Waals surface area contributed by atoms with E-state index in [1.165, 1.54) is 6.92 Å². The fraction of sp³-hybridized carbons (Fsp3) is 0.833. The number of hydrogen-bond acceptors (Lipinski definition) is 5. The molecule has 0 aliphatic rings. The van der Waals surface area contributed by atoms with E-state index in [1.807, 2.05) is 0 Å². The Bertz CT molecular complexity index is 124. The maximum Gasteiger partial charge on any atom is 0.151 e. The number of carbonyl (C=O) groups excluding carboxylic acids is 1. The largest absolute Gasteiger partial charge is 0.391 e. The highest BCUT2D eigenvalue weighted by molar-refractivity contribution is 5.56. The summed E-state index contributed by atoms with van der Waals surface area (Å²) in [4.78, 5) is 9.87. The zero-order valence-electron chi connectivity index (χ0n) is 6.08. The summed E-state index contributed by atoms with van der Waals surface area (Å²) in [5.74, 6) is 0. The molecule has 0 saturated carbocycles. The highest BCUT2D eigenvalue weighted by Crippen LogP contribution is 2.02. The summed E-state index contributed by atoms with van der Waals surface area (Å²) >= 11 is 0. The Kier molecular flexibility index (Phi) is 4.20. The van der Waals surface area contributed by atoms with Crippen molar-refractivity contribution in [3.05, 3.63) is 0 Å². The Hall–Kier alpha value is -0.490. The van der Waals surface area contributed by atoms with E-state index in [-0.39, 0.29) is 6.29 Å². The number of carbonyl (C=O) groups is 1. The van der Waals surface area contributed by atoms with E-state index >= 15 is 0 Å².